The third-order valence-corrected chi connectivity index (χ3v) is 4.64. The van der Waals surface area contributed by atoms with Crippen molar-refractivity contribution in [3.8, 4) is 0 Å². The molecule has 19 heavy (non-hydrogen) atoms. The number of thioether (sulfide) groups is 1. The van der Waals surface area contributed by atoms with Crippen molar-refractivity contribution in [1.82, 2.24) is 20.1 Å². The molecule has 106 valence electrons. The van der Waals surface area contributed by atoms with Crippen molar-refractivity contribution in [1.29, 1.82) is 0 Å². The van der Waals surface area contributed by atoms with Crippen LogP contribution in [0.5, 0.6) is 0 Å². The van der Waals surface area contributed by atoms with Gasteiger partial charge in [0, 0.05) is 12.8 Å². The van der Waals surface area contributed by atoms with E-state index in [-0.39, 0.29) is 5.97 Å². The summed E-state index contributed by atoms with van der Waals surface area (Å²) in [6.07, 6.45) is 3.80. The molecule has 1 aromatic rings. The third kappa shape index (κ3) is 2.92. The second-order valence-corrected chi connectivity index (χ2v) is 5.72. The van der Waals surface area contributed by atoms with Crippen LogP contribution in [0.3, 0.4) is 0 Å². The molecule has 0 saturated heterocycles. The zero-order valence-corrected chi connectivity index (χ0v) is 12.4. The largest absolute Gasteiger partial charge is 0.468 e. The van der Waals surface area contributed by atoms with Gasteiger partial charge in [0.1, 0.15) is 11.9 Å². The van der Waals surface area contributed by atoms with Crippen LogP contribution in [0.25, 0.3) is 0 Å². The highest BCUT2D eigenvalue weighted by Gasteiger charge is 2.51. The highest BCUT2D eigenvalue weighted by atomic mass is 32.2. The van der Waals surface area contributed by atoms with Crippen LogP contribution in [0.15, 0.2) is 11.5 Å². The summed E-state index contributed by atoms with van der Waals surface area (Å²) in [5.74, 6) is 0.803. The van der Waals surface area contributed by atoms with Crippen LogP contribution < -0.4 is 5.32 Å². The van der Waals surface area contributed by atoms with E-state index in [0.717, 1.165) is 24.5 Å². The zero-order valence-electron chi connectivity index (χ0n) is 11.5. The number of esters is 1. The van der Waals surface area contributed by atoms with E-state index in [0.29, 0.717) is 11.7 Å². The monoisotopic (exact) mass is 284 g/mol. The van der Waals surface area contributed by atoms with Gasteiger partial charge in [-0.3, -0.25) is 4.79 Å². The maximum absolute atomic E-state index is 12.2. The standard InChI is InChI=1S/C12H20N4O2S/c1-4-13-12(9-5-6-9,10(17)18-3)7-19-11-15-14-8-16(11)2/h8-9,13H,4-7H2,1-3H3. The summed E-state index contributed by atoms with van der Waals surface area (Å²) >= 11 is 1.54. The van der Waals surface area contributed by atoms with Gasteiger partial charge in [-0.05, 0) is 25.3 Å². The second-order valence-electron chi connectivity index (χ2n) is 4.78. The van der Waals surface area contributed by atoms with Gasteiger partial charge in [0.05, 0.1) is 7.11 Å². The van der Waals surface area contributed by atoms with Crippen molar-refractivity contribution >= 4 is 17.7 Å². The highest BCUT2D eigenvalue weighted by molar-refractivity contribution is 7.99. The first-order chi connectivity index (χ1) is 9.14. The molecular weight excluding hydrogens is 264 g/mol. The van der Waals surface area contributed by atoms with Crippen LogP contribution >= 0.6 is 11.8 Å². The molecule has 0 radical (unpaired) electrons. The Morgan fingerprint density at radius 2 is 2.42 bits per heavy atom. The summed E-state index contributed by atoms with van der Waals surface area (Å²) in [6.45, 7) is 2.75. The normalized spacial score (nSPS) is 18.1. The van der Waals surface area contributed by atoms with Crippen molar-refractivity contribution in [3.05, 3.63) is 6.33 Å². The first-order valence-corrected chi connectivity index (χ1v) is 7.43. The Morgan fingerprint density at radius 3 is 2.89 bits per heavy atom. The Kier molecular flexibility index (Phi) is 4.46. The van der Waals surface area contributed by atoms with E-state index in [1.807, 2.05) is 18.5 Å². The molecule has 7 heteroatoms. The quantitative estimate of drug-likeness (QED) is 0.591. The number of carbonyl (C=O) groups is 1. The van der Waals surface area contributed by atoms with E-state index in [9.17, 15) is 4.79 Å². The van der Waals surface area contributed by atoms with Crippen LogP contribution in [0.4, 0.5) is 0 Å². The highest BCUT2D eigenvalue weighted by Crippen LogP contribution is 2.42. The number of ether oxygens (including phenoxy) is 1. The number of methoxy groups -OCH3 is 1. The van der Waals surface area contributed by atoms with E-state index in [1.54, 1.807) is 6.33 Å². The van der Waals surface area contributed by atoms with Gasteiger partial charge >= 0.3 is 5.97 Å². The Morgan fingerprint density at radius 1 is 1.68 bits per heavy atom. The van der Waals surface area contributed by atoms with Crippen molar-refractivity contribution in [2.75, 3.05) is 19.4 Å². The molecule has 1 aliphatic carbocycles. The average Bonchev–Trinajstić information content (AvgIpc) is 3.18. The van der Waals surface area contributed by atoms with Crippen molar-refractivity contribution < 1.29 is 9.53 Å². The van der Waals surface area contributed by atoms with E-state index in [4.69, 9.17) is 4.74 Å². The molecule has 1 saturated carbocycles. The molecule has 0 spiro atoms. The van der Waals surface area contributed by atoms with Gasteiger partial charge in [0.2, 0.25) is 0 Å². The van der Waals surface area contributed by atoms with Crippen molar-refractivity contribution in [2.24, 2.45) is 13.0 Å². The van der Waals surface area contributed by atoms with E-state index >= 15 is 0 Å². The molecule has 0 aliphatic heterocycles. The zero-order chi connectivity index (χ0) is 13.9. The summed E-state index contributed by atoms with van der Waals surface area (Å²) in [5, 5.41) is 12.0. The molecule has 1 fully saturated rings. The van der Waals surface area contributed by atoms with Crippen LogP contribution in [0.2, 0.25) is 0 Å². The lowest BCUT2D eigenvalue weighted by molar-refractivity contribution is -0.148. The number of likely N-dealkylation sites (N-methyl/N-ethyl adjacent to an activating group) is 1. The van der Waals surface area contributed by atoms with Crippen LogP contribution in [-0.2, 0) is 16.6 Å². The minimum absolute atomic E-state index is 0.175. The minimum Gasteiger partial charge on any atom is -0.468 e. The van der Waals surface area contributed by atoms with E-state index in [2.05, 4.69) is 15.5 Å². The lowest BCUT2D eigenvalue weighted by Crippen LogP contribution is -2.56. The summed E-state index contributed by atoms with van der Waals surface area (Å²) < 4.78 is 6.86. The molecule has 1 atom stereocenters. The fourth-order valence-corrected chi connectivity index (χ4v) is 3.43. The molecule has 1 heterocycles. The lowest BCUT2D eigenvalue weighted by atomic mass is 9.95. The molecule has 0 bridgehead atoms. The summed E-state index contributed by atoms with van der Waals surface area (Å²) in [5.41, 5.74) is -0.597. The van der Waals surface area contributed by atoms with Gasteiger partial charge in [-0.25, -0.2) is 0 Å². The Hall–Kier alpha value is -1.08. The number of aromatic nitrogens is 3. The fraction of sp³-hybridized carbons (Fsp3) is 0.750. The Balaban J connectivity index is 2.12. The number of hydrogen-bond acceptors (Lipinski definition) is 6. The number of aryl methyl sites for hydroxylation is 1. The minimum atomic E-state index is -0.597. The molecule has 2 rings (SSSR count). The SMILES string of the molecule is CCNC(CSc1nncn1C)(C(=O)OC)C1CC1. The predicted molar refractivity (Wildman–Crippen MR) is 72.9 cm³/mol. The fourth-order valence-electron chi connectivity index (χ4n) is 2.27. The maximum Gasteiger partial charge on any atom is 0.327 e. The molecule has 1 aliphatic rings. The van der Waals surface area contributed by atoms with Crippen LogP contribution in [-0.4, -0.2) is 45.7 Å². The molecule has 1 aromatic heterocycles. The molecule has 1 N–H and O–H groups in total. The molecule has 0 aromatic carbocycles. The number of nitrogens with one attached hydrogen (secondary N) is 1. The Labute approximate surface area is 117 Å². The average molecular weight is 284 g/mol. The topological polar surface area (TPSA) is 69.0 Å². The van der Waals surface area contributed by atoms with Crippen molar-refractivity contribution in [3.63, 3.8) is 0 Å². The summed E-state index contributed by atoms with van der Waals surface area (Å²) in [7, 11) is 3.34. The van der Waals surface area contributed by atoms with Gasteiger partial charge < -0.3 is 14.6 Å². The second kappa shape index (κ2) is 5.92. The number of nitrogens with zero attached hydrogens (tertiary/aromatic N) is 3. The van der Waals surface area contributed by atoms with E-state index < -0.39 is 5.54 Å². The van der Waals surface area contributed by atoms with Crippen molar-refractivity contribution in [2.45, 2.75) is 30.5 Å². The first kappa shape index (κ1) is 14.3. The number of hydrogen-bond donors (Lipinski definition) is 1. The van der Waals surface area contributed by atoms with Gasteiger partial charge in [-0.1, -0.05) is 18.7 Å². The maximum atomic E-state index is 12.2. The van der Waals surface area contributed by atoms with Crippen LogP contribution in [0.1, 0.15) is 19.8 Å². The first-order valence-electron chi connectivity index (χ1n) is 6.44. The van der Waals surface area contributed by atoms with Gasteiger partial charge in [-0.2, -0.15) is 0 Å². The van der Waals surface area contributed by atoms with Gasteiger partial charge in [-0.15, -0.1) is 10.2 Å². The van der Waals surface area contributed by atoms with Gasteiger partial charge in [0.25, 0.3) is 0 Å². The smallest absolute Gasteiger partial charge is 0.327 e. The summed E-state index contributed by atoms with van der Waals surface area (Å²) in [6, 6.07) is 0. The van der Waals surface area contributed by atoms with E-state index in [1.165, 1.54) is 18.9 Å². The van der Waals surface area contributed by atoms with Crippen LogP contribution in [0, 0.1) is 5.92 Å². The molecule has 1 unspecified atom stereocenters. The predicted octanol–water partition coefficient (Wildman–Crippen LogP) is 0.838. The summed E-state index contributed by atoms with van der Waals surface area (Å²) in [4.78, 5) is 12.2. The Bertz CT molecular complexity index is 447. The molecule has 0 amide bonds. The van der Waals surface area contributed by atoms with Gasteiger partial charge in [0.15, 0.2) is 5.16 Å². The third-order valence-electron chi connectivity index (χ3n) is 3.41. The lowest BCUT2D eigenvalue weighted by Gasteiger charge is -2.31. The number of rotatable bonds is 7. The molecular formula is C12H20N4O2S. The number of carbonyl (C=O) groups excluding carboxylic acids is 1. The molecule has 6 nitrogen and oxygen atoms in total.